The van der Waals surface area contributed by atoms with Crippen LogP contribution in [0.15, 0.2) is 65.8 Å². The summed E-state index contributed by atoms with van der Waals surface area (Å²) in [5, 5.41) is 8.89. The van der Waals surface area contributed by atoms with E-state index in [4.69, 9.17) is 0 Å². The van der Waals surface area contributed by atoms with Gasteiger partial charge in [-0.2, -0.15) is 4.98 Å². The Balaban J connectivity index is 1.59. The van der Waals surface area contributed by atoms with Gasteiger partial charge in [-0.1, -0.05) is 13.0 Å². The Labute approximate surface area is 180 Å². The first-order chi connectivity index (χ1) is 15.0. The van der Waals surface area contributed by atoms with E-state index >= 15 is 0 Å². The van der Waals surface area contributed by atoms with Crippen molar-refractivity contribution in [2.75, 3.05) is 28.4 Å². The number of hydrogen-bond donors (Lipinski definition) is 4. The van der Waals surface area contributed by atoms with Crippen LogP contribution in [0.25, 0.3) is 0 Å². The Morgan fingerprint density at radius 1 is 0.935 bits per heavy atom. The lowest BCUT2D eigenvalue weighted by Crippen LogP contribution is -2.28. The summed E-state index contributed by atoms with van der Waals surface area (Å²) >= 11 is 0. The molecule has 0 radical (unpaired) electrons. The number of amides is 1. The molecule has 0 spiro atoms. The highest BCUT2D eigenvalue weighted by Gasteiger charge is 2.14. The van der Waals surface area contributed by atoms with Gasteiger partial charge >= 0.3 is 0 Å². The van der Waals surface area contributed by atoms with Crippen molar-refractivity contribution in [3.05, 3.63) is 60.9 Å². The van der Waals surface area contributed by atoms with E-state index in [0.29, 0.717) is 37.0 Å². The molecular formula is C20H23N7O3S. The van der Waals surface area contributed by atoms with Gasteiger partial charge in [-0.25, -0.2) is 18.4 Å². The average molecular weight is 442 g/mol. The summed E-state index contributed by atoms with van der Waals surface area (Å²) in [7, 11) is -3.74. The van der Waals surface area contributed by atoms with E-state index in [1.165, 1.54) is 18.3 Å². The van der Waals surface area contributed by atoms with Gasteiger partial charge in [0.05, 0.1) is 4.90 Å². The van der Waals surface area contributed by atoms with Gasteiger partial charge in [0.25, 0.3) is 10.0 Å². The number of aromatic nitrogens is 3. The Bertz CT molecular complexity index is 1110. The van der Waals surface area contributed by atoms with E-state index < -0.39 is 10.0 Å². The first-order valence-electron chi connectivity index (χ1n) is 9.61. The van der Waals surface area contributed by atoms with Gasteiger partial charge < -0.3 is 16.0 Å². The molecule has 0 bridgehead atoms. The second kappa shape index (κ2) is 10.3. The molecule has 10 nitrogen and oxygen atoms in total. The summed E-state index contributed by atoms with van der Waals surface area (Å²) in [6.07, 6.45) is 3.55. The molecular weight excluding hydrogens is 418 g/mol. The number of hydrogen-bond acceptors (Lipinski definition) is 8. The van der Waals surface area contributed by atoms with Crippen LogP contribution in [0.2, 0.25) is 0 Å². The molecule has 1 aromatic carbocycles. The third-order valence-electron chi connectivity index (χ3n) is 4.05. The van der Waals surface area contributed by atoms with Crippen molar-refractivity contribution < 1.29 is 13.2 Å². The minimum atomic E-state index is -3.74. The van der Waals surface area contributed by atoms with E-state index in [-0.39, 0.29) is 16.6 Å². The van der Waals surface area contributed by atoms with Crippen LogP contribution < -0.4 is 20.7 Å². The molecule has 2 heterocycles. The number of sulfonamides is 1. The van der Waals surface area contributed by atoms with E-state index in [0.717, 1.165) is 0 Å². The summed E-state index contributed by atoms with van der Waals surface area (Å²) in [6.45, 7) is 2.75. The number of nitrogens with zero attached hydrogens (tertiary/aromatic N) is 3. The molecule has 0 fully saturated rings. The van der Waals surface area contributed by atoms with Gasteiger partial charge in [-0.3, -0.25) is 9.52 Å². The summed E-state index contributed by atoms with van der Waals surface area (Å²) in [6, 6.07) is 12.9. The highest BCUT2D eigenvalue weighted by atomic mass is 32.2. The molecule has 1 amide bonds. The predicted octanol–water partition coefficient (Wildman–Crippen LogP) is 2.35. The average Bonchev–Trinajstić information content (AvgIpc) is 2.77. The summed E-state index contributed by atoms with van der Waals surface area (Å²) < 4.78 is 27.4. The lowest BCUT2D eigenvalue weighted by atomic mass is 10.3. The van der Waals surface area contributed by atoms with Crippen molar-refractivity contribution in [3.63, 3.8) is 0 Å². The number of benzene rings is 1. The standard InChI is InChI=1S/C20H23N7O3S/c1-2-19(28)22-13-14-24-20-23-12-10-18(26-20)25-15-6-8-16(9-7-15)31(29,30)27-17-5-3-4-11-21-17/h3-12H,2,13-14H2,1H3,(H,21,27)(H,22,28)(H2,23,24,25,26). The second-order valence-corrected chi connectivity index (χ2v) is 8.05. The van der Waals surface area contributed by atoms with Crippen molar-refractivity contribution in [3.8, 4) is 0 Å². The van der Waals surface area contributed by atoms with E-state index in [1.54, 1.807) is 49.5 Å². The maximum Gasteiger partial charge on any atom is 0.263 e. The Hall–Kier alpha value is -3.73. The number of nitrogens with one attached hydrogen (secondary N) is 4. The van der Waals surface area contributed by atoms with Gasteiger partial charge in [-0.15, -0.1) is 0 Å². The highest BCUT2D eigenvalue weighted by molar-refractivity contribution is 7.92. The van der Waals surface area contributed by atoms with Crippen LogP contribution in [0.3, 0.4) is 0 Å². The molecule has 3 rings (SSSR count). The summed E-state index contributed by atoms with van der Waals surface area (Å²) in [4.78, 5) is 23.8. The maximum atomic E-state index is 12.5. The van der Waals surface area contributed by atoms with Crippen LogP contribution in [-0.4, -0.2) is 42.4 Å². The first-order valence-corrected chi connectivity index (χ1v) is 11.1. The number of anilines is 4. The van der Waals surface area contributed by atoms with Crippen molar-refractivity contribution in [1.29, 1.82) is 0 Å². The molecule has 0 atom stereocenters. The van der Waals surface area contributed by atoms with Crippen LogP contribution in [-0.2, 0) is 14.8 Å². The molecule has 0 aliphatic heterocycles. The molecule has 2 aromatic heterocycles. The molecule has 0 unspecified atom stereocenters. The van der Waals surface area contributed by atoms with Gasteiger partial charge in [0.2, 0.25) is 11.9 Å². The highest BCUT2D eigenvalue weighted by Crippen LogP contribution is 2.19. The lowest BCUT2D eigenvalue weighted by molar-refractivity contribution is -0.120. The minimum Gasteiger partial charge on any atom is -0.354 e. The molecule has 0 saturated heterocycles. The van der Waals surface area contributed by atoms with E-state index in [1.807, 2.05) is 0 Å². The quantitative estimate of drug-likeness (QED) is 0.352. The smallest absolute Gasteiger partial charge is 0.263 e. The van der Waals surface area contributed by atoms with Crippen LogP contribution in [0, 0.1) is 0 Å². The molecule has 31 heavy (non-hydrogen) atoms. The van der Waals surface area contributed by atoms with Crippen LogP contribution in [0.4, 0.5) is 23.3 Å². The zero-order chi connectivity index (χ0) is 22.1. The third kappa shape index (κ3) is 6.64. The molecule has 162 valence electrons. The predicted molar refractivity (Wildman–Crippen MR) is 119 cm³/mol. The molecule has 3 aromatic rings. The zero-order valence-electron chi connectivity index (χ0n) is 16.9. The van der Waals surface area contributed by atoms with Crippen molar-refractivity contribution >= 4 is 39.2 Å². The first kappa shape index (κ1) is 22.0. The van der Waals surface area contributed by atoms with Crippen molar-refractivity contribution in [2.45, 2.75) is 18.2 Å². The van der Waals surface area contributed by atoms with E-state index in [2.05, 4.69) is 35.6 Å². The minimum absolute atomic E-state index is 0.0150. The van der Waals surface area contributed by atoms with Crippen LogP contribution in [0.1, 0.15) is 13.3 Å². The van der Waals surface area contributed by atoms with E-state index in [9.17, 15) is 13.2 Å². The van der Waals surface area contributed by atoms with Crippen molar-refractivity contribution in [2.24, 2.45) is 0 Å². The fraction of sp³-hybridized carbons (Fsp3) is 0.200. The monoisotopic (exact) mass is 441 g/mol. The number of pyridine rings is 1. The SMILES string of the molecule is CCC(=O)NCCNc1nccc(Nc2ccc(S(=O)(=O)Nc3ccccn3)cc2)n1. The normalized spacial score (nSPS) is 10.9. The maximum absolute atomic E-state index is 12.5. The zero-order valence-corrected chi connectivity index (χ0v) is 17.7. The molecule has 0 saturated carbocycles. The molecule has 0 aliphatic carbocycles. The van der Waals surface area contributed by atoms with Crippen molar-refractivity contribution in [1.82, 2.24) is 20.3 Å². The Morgan fingerprint density at radius 2 is 1.74 bits per heavy atom. The summed E-state index contributed by atoms with van der Waals surface area (Å²) in [5.74, 6) is 1.19. The second-order valence-electron chi connectivity index (χ2n) is 6.37. The van der Waals surface area contributed by atoms with Crippen LogP contribution >= 0.6 is 0 Å². The summed E-state index contributed by atoms with van der Waals surface area (Å²) in [5.41, 5.74) is 0.664. The van der Waals surface area contributed by atoms with Gasteiger partial charge in [-0.05, 0) is 42.5 Å². The Kier molecular flexibility index (Phi) is 7.33. The number of carbonyl (C=O) groups is 1. The fourth-order valence-corrected chi connectivity index (χ4v) is 3.51. The number of carbonyl (C=O) groups excluding carboxylic acids is 1. The third-order valence-corrected chi connectivity index (χ3v) is 5.42. The lowest BCUT2D eigenvalue weighted by Gasteiger charge is -2.10. The largest absolute Gasteiger partial charge is 0.354 e. The van der Waals surface area contributed by atoms with Gasteiger partial charge in [0.1, 0.15) is 11.6 Å². The topological polar surface area (TPSA) is 138 Å². The van der Waals surface area contributed by atoms with Gasteiger partial charge in [0.15, 0.2) is 0 Å². The molecule has 4 N–H and O–H groups in total. The molecule has 0 aliphatic rings. The van der Waals surface area contributed by atoms with Gasteiger partial charge in [0, 0.05) is 37.6 Å². The van der Waals surface area contributed by atoms with Crippen LogP contribution in [0.5, 0.6) is 0 Å². The Morgan fingerprint density at radius 3 is 2.45 bits per heavy atom. The molecule has 11 heteroatoms. The number of rotatable bonds is 10. The fourth-order valence-electron chi connectivity index (χ4n) is 2.50.